The van der Waals surface area contributed by atoms with Crippen LogP contribution in [0.4, 0.5) is 4.79 Å². The molecule has 0 bridgehead atoms. The molecule has 1 fully saturated rings. The van der Waals surface area contributed by atoms with Crippen LogP contribution >= 0.6 is 0 Å². The van der Waals surface area contributed by atoms with Crippen molar-refractivity contribution in [3.8, 4) is 0 Å². The van der Waals surface area contributed by atoms with Gasteiger partial charge in [-0.15, -0.1) is 0 Å². The van der Waals surface area contributed by atoms with Crippen molar-refractivity contribution < 1.29 is 14.3 Å². The van der Waals surface area contributed by atoms with Crippen LogP contribution in [0, 0.1) is 0 Å². The summed E-state index contributed by atoms with van der Waals surface area (Å²) >= 11 is 0. The number of hydrogen-bond donors (Lipinski definition) is 1. The van der Waals surface area contributed by atoms with Gasteiger partial charge in [0.15, 0.2) is 0 Å². The van der Waals surface area contributed by atoms with Crippen LogP contribution in [-0.4, -0.2) is 67.7 Å². The van der Waals surface area contributed by atoms with Crippen LogP contribution in [0.15, 0.2) is 0 Å². The maximum Gasteiger partial charge on any atom is 0.317 e. The van der Waals surface area contributed by atoms with Crippen LogP contribution in [0.5, 0.6) is 0 Å². The fourth-order valence-corrected chi connectivity index (χ4v) is 2.45. The zero-order valence-corrected chi connectivity index (χ0v) is 13.6. The maximum atomic E-state index is 12.1. The van der Waals surface area contributed by atoms with Gasteiger partial charge in [0.05, 0.1) is 0 Å². The Labute approximate surface area is 127 Å². The van der Waals surface area contributed by atoms with E-state index >= 15 is 0 Å². The van der Waals surface area contributed by atoms with Gasteiger partial charge in [-0.1, -0.05) is 26.2 Å². The Bertz CT molecular complexity index is 328. The summed E-state index contributed by atoms with van der Waals surface area (Å²) < 4.78 is 4.85. The molecule has 1 atom stereocenters. The molecule has 6 heteroatoms. The second kappa shape index (κ2) is 9.60. The van der Waals surface area contributed by atoms with Gasteiger partial charge in [-0.25, -0.2) is 4.79 Å². The van der Waals surface area contributed by atoms with Crippen molar-refractivity contribution in [1.29, 1.82) is 0 Å². The summed E-state index contributed by atoms with van der Waals surface area (Å²) in [6.45, 7) is 6.67. The lowest BCUT2D eigenvalue weighted by Crippen LogP contribution is -2.54. The monoisotopic (exact) mass is 299 g/mol. The van der Waals surface area contributed by atoms with E-state index in [1.165, 1.54) is 20.0 Å². The molecule has 21 heavy (non-hydrogen) atoms. The van der Waals surface area contributed by atoms with Crippen molar-refractivity contribution in [3.63, 3.8) is 0 Å². The van der Waals surface area contributed by atoms with E-state index in [1.54, 1.807) is 9.80 Å². The average Bonchev–Trinajstić information content (AvgIpc) is 2.48. The van der Waals surface area contributed by atoms with Gasteiger partial charge >= 0.3 is 6.03 Å². The molecule has 1 rings (SSSR count). The van der Waals surface area contributed by atoms with Gasteiger partial charge in [0.25, 0.3) is 0 Å². The molecule has 1 unspecified atom stereocenters. The molecule has 0 aromatic rings. The Morgan fingerprint density at radius 1 is 1.14 bits per heavy atom. The van der Waals surface area contributed by atoms with Crippen molar-refractivity contribution in [2.24, 2.45) is 0 Å². The number of nitrogens with one attached hydrogen (secondary N) is 1. The van der Waals surface area contributed by atoms with E-state index in [1.807, 2.05) is 6.92 Å². The number of ether oxygens (including phenoxy) is 1. The average molecular weight is 299 g/mol. The molecule has 1 aliphatic heterocycles. The summed E-state index contributed by atoms with van der Waals surface area (Å²) in [5.74, 6) is -0.00880. The molecule has 3 amide bonds. The van der Waals surface area contributed by atoms with Crippen LogP contribution in [0.25, 0.3) is 0 Å². The minimum absolute atomic E-state index is 0.00880. The minimum Gasteiger partial charge on any atom is -0.375 e. The predicted octanol–water partition coefficient (Wildman–Crippen LogP) is 1.46. The second-order valence-corrected chi connectivity index (χ2v) is 5.65. The van der Waals surface area contributed by atoms with Gasteiger partial charge in [0.1, 0.15) is 6.61 Å². The smallest absolute Gasteiger partial charge is 0.317 e. The number of urea groups is 1. The topological polar surface area (TPSA) is 61.9 Å². The molecule has 1 aliphatic rings. The molecular weight excluding hydrogens is 270 g/mol. The number of hydrogen-bond acceptors (Lipinski definition) is 3. The lowest BCUT2D eigenvalue weighted by atomic mass is 10.1. The molecule has 0 aromatic carbocycles. The van der Waals surface area contributed by atoms with Crippen molar-refractivity contribution in [3.05, 3.63) is 0 Å². The van der Waals surface area contributed by atoms with E-state index in [-0.39, 0.29) is 24.6 Å². The Hall–Kier alpha value is -1.30. The Morgan fingerprint density at radius 2 is 1.76 bits per heavy atom. The quantitative estimate of drug-likeness (QED) is 0.724. The molecule has 0 spiro atoms. The number of amides is 3. The van der Waals surface area contributed by atoms with Crippen LogP contribution in [0.1, 0.15) is 39.5 Å². The second-order valence-electron chi connectivity index (χ2n) is 5.65. The molecule has 0 radical (unpaired) electrons. The molecule has 1 heterocycles. The third-order valence-corrected chi connectivity index (χ3v) is 3.80. The van der Waals surface area contributed by atoms with Crippen molar-refractivity contribution >= 4 is 11.9 Å². The number of nitrogens with zero attached hydrogens (tertiary/aromatic N) is 2. The highest BCUT2D eigenvalue weighted by Gasteiger charge is 2.24. The fraction of sp³-hybridized carbons (Fsp3) is 0.867. The number of carbonyl (C=O) groups is 2. The third-order valence-electron chi connectivity index (χ3n) is 3.80. The molecule has 0 aromatic heterocycles. The van der Waals surface area contributed by atoms with E-state index in [0.717, 1.165) is 12.8 Å². The normalized spacial score (nSPS) is 16.7. The van der Waals surface area contributed by atoms with Crippen molar-refractivity contribution in [1.82, 2.24) is 15.1 Å². The number of unbranched alkanes of at least 4 members (excludes halogenated alkanes) is 2. The Balaban J connectivity index is 2.26. The van der Waals surface area contributed by atoms with E-state index in [4.69, 9.17) is 4.74 Å². The molecule has 1 saturated heterocycles. The first-order chi connectivity index (χ1) is 10.1. The summed E-state index contributed by atoms with van der Waals surface area (Å²) in [6.07, 6.45) is 4.57. The summed E-state index contributed by atoms with van der Waals surface area (Å²) in [5, 5.41) is 3.04. The lowest BCUT2D eigenvalue weighted by molar-refractivity contribution is -0.136. The lowest BCUT2D eigenvalue weighted by Gasteiger charge is -2.35. The first kappa shape index (κ1) is 17.8. The summed E-state index contributed by atoms with van der Waals surface area (Å²) in [4.78, 5) is 27.3. The van der Waals surface area contributed by atoms with Crippen LogP contribution in [-0.2, 0) is 9.53 Å². The zero-order chi connectivity index (χ0) is 15.7. The van der Waals surface area contributed by atoms with Crippen molar-refractivity contribution in [2.75, 3.05) is 39.9 Å². The standard InChI is InChI=1S/C15H29N3O3/c1-4-5-6-7-13(2)16-15(20)18-10-8-17(9-11-18)14(19)12-21-3/h13H,4-12H2,1-3H3,(H,16,20). The van der Waals surface area contributed by atoms with E-state index in [2.05, 4.69) is 12.2 Å². The van der Waals surface area contributed by atoms with Gasteiger partial charge in [0, 0.05) is 39.3 Å². The first-order valence-corrected chi connectivity index (χ1v) is 7.90. The number of rotatable bonds is 7. The SMILES string of the molecule is CCCCCC(C)NC(=O)N1CCN(C(=O)COC)CC1. The Kier molecular flexibility index (Phi) is 8.12. The van der Waals surface area contributed by atoms with Gasteiger partial charge in [-0.05, 0) is 13.3 Å². The molecular formula is C15H29N3O3. The third kappa shape index (κ3) is 6.33. The van der Waals surface area contributed by atoms with Gasteiger partial charge in [0.2, 0.25) is 5.91 Å². The van der Waals surface area contributed by atoms with Crippen LogP contribution in [0.2, 0.25) is 0 Å². The molecule has 0 aliphatic carbocycles. The zero-order valence-electron chi connectivity index (χ0n) is 13.6. The Morgan fingerprint density at radius 3 is 2.33 bits per heavy atom. The minimum atomic E-state index is -0.0159. The first-order valence-electron chi connectivity index (χ1n) is 7.90. The number of methoxy groups -OCH3 is 1. The summed E-state index contributed by atoms with van der Waals surface area (Å²) in [7, 11) is 1.52. The largest absolute Gasteiger partial charge is 0.375 e. The molecule has 122 valence electrons. The van der Waals surface area contributed by atoms with Gasteiger partial charge < -0.3 is 19.9 Å². The molecule has 6 nitrogen and oxygen atoms in total. The summed E-state index contributed by atoms with van der Waals surface area (Å²) in [6, 6.07) is 0.190. The van der Waals surface area contributed by atoms with E-state index in [0.29, 0.717) is 26.2 Å². The van der Waals surface area contributed by atoms with Crippen molar-refractivity contribution in [2.45, 2.75) is 45.6 Å². The highest BCUT2D eigenvalue weighted by atomic mass is 16.5. The summed E-state index contributed by atoms with van der Waals surface area (Å²) in [5.41, 5.74) is 0. The van der Waals surface area contributed by atoms with E-state index < -0.39 is 0 Å². The molecule has 0 saturated carbocycles. The van der Waals surface area contributed by atoms with Gasteiger partial charge in [-0.2, -0.15) is 0 Å². The predicted molar refractivity (Wildman–Crippen MR) is 82.2 cm³/mol. The maximum absolute atomic E-state index is 12.1. The highest BCUT2D eigenvalue weighted by Crippen LogP contribution is 2.06. The van der Waals surface area contributed by atoms with E-state index in [9.17, 15) is 9.59 Å². The molecule has 1 N–H and O–H groups in total. The number of carbonyl (C=O) groups excluding carboxylic acids is 2. The van der Waals surface area contributed by atoms with Crippen LogP contribution in [0.3, 0.4) is 0 Å². The highest BCUT2D eigenvalue weighted by molar-refractivity contribution is 5.78. The van der Waals surface area contributed by atoms with Crippen LogP contribution < -0.4 is 5.32 Å². The number of piperazine rings is 1. The fourth-order valence-electron chi connectivity index (χ4n) is 2.45. The van der Waals surface area contributed by atoms with Gasteiger partial charge in [-0.3, -0.25) is 4.79 Å².